The lowest BCUT2D eigenvalue weighted by Crippen LogP contribution is -2.08. The molecule has 0 bridgehead atoms. The summed E-state index contributed by atoms with van der Waals surface area (Å²) in [5.74, 6) is 0. The lowest BCUT2D eigenvalue weighted by Gasteiger charge is -1.97. The SMILES string of the molecule is O=S(=O)(O)O[N]c1ccccc1. The van der Waals surface area contributed by atoms with Gasteiger partial charge in [0.1, 0.15) is 0 Å². The lowest BCUT2D eigenvalue weighted by molar-refractivity contribution is 0.209. The molecule has 65 valence electrons. The van der Waals surface area contributed by atoms with Gasteiger partial charge in [0.2, 0.25) is 0 Å². The molecule has 0 aliphatic carbocycles. The van der Waals surface area contributed by atoms with Crippen LogP contribution >= 0.6 is 0 Å². The maximum atomic E-state index is 10.0. The molecule has 0 aliphatic heterocycles. The van der Waals surface area contributed by atoms with Crippen molar-refractivity contribution in [3.8, 4) is 0 Å². The van der Waals surface area contributed by atoms with Gasteiger partial charge in [0.15, 0.2) is 0 Å². The highest BCUT2D eigenvalue weighted by Gasteiger charge is 2.05. The largest absolute Gasteiger partial charge is 0.420 e. The monoisotopic (exact) mass is 188 g/mol. The van der Waals surface area contributed by atoms with Crippen molar-refractivity contribution in [2.24, 2.45) is 0 Å². The molecule has 0 fully saturated rings. The molecular formula is C6H6NO4S. The Kier molecular flexibility index (Phi) is 2.64. The van der Waals surface area contributed by atoms with E-state index in [0.717, 1.165) is 0 Å². The van der Waals surface area contributed by atoms with E-state index in [1.165, 1.54) is 12.1 Å². The molecule has 1 aromatic carbocycles. The second-order valence-electron chi connectivity index (χ2n) is 1.93. The highest BCUT2D eigenvalue weighted by atomic mass is 32.3. The Morgan fingerprint density at radius 3 is 2.33 bits per heavy atom. The van der Waals surface area contributed by atoms with Crippen LogP contribution in [0.4, 0.5) is 5.69 Å². The van der Waals surface area contributed by atoms with Gasteiger partial charge in [0.25, 0.3) is 0 Å². The molecule has 6 heteroatoms. The van der Waals surface area contributed by atoms with Crippen molar-refractivity contribution in [1.82, 2.24) is 5.48 Å². The van der Waals surface area contributed by atoms with E-state index in [9.17, 15) is 8.42 Å². The number of nitrogens with zero attached hydrogens (tertiary/aromatic N) is 1. The van der Waals surface area contributed by atoms with E-state index in [2.05, 4.69) is 9.76 Å². The second-order valence-corrected chi connectivity index (χ2v) is 2.93. The minimum atomic E-state index is -4.49. The minimum absolute atomic E-state index is 0.315. The van der Waals surface area contributed by atoms with Gasteiger partial charge >= 0.3 is 10.4 Å². The molecule has 0 amide bonds. The average molecular weight is 188 g/mol. The molecule has 5 nitrogen and oxygen atoms in total. The summed E-state index contributed by atoms with van der Waals surface area (Å²) >= 11 is 0. The van der Waals surface area contributed by atoms with Crippen LogP contribution in [-0.2, 0) is 14.7 Å². The van der Waals surface area contributed by atoms with Crippen LogP contribution in [0.25, 0.3) is 0 Å². The summed E-state index contributed by atoms with van der Waals surface area (Å²) in [6, 6.07) is 8.13. The quantitative estimate of drug-likeness (QED) is 0.558. The molecule has 1 radical (unpaired) electrons. The topological polar surface area (TPSA) is 77.7 Å². The van der Waals surface area contributed by atoms with Gasteiger partial charge in [0.05, 0.1) is 5.69 Å². The third-order valence-corrected chi connectivity index (χ3v) is 1.26. The Bertz CT molecular complexity index is 334. The van der Waals surface area contributed by atoms with Crippen molar-refractivity contribution in [2.75, 3.05) is 0 Å². The third kappa shape index (κ3) is 3.33. The summed E-state index contributed by atoms with van der Waals surface area (Å²) in [7, 11) is -4.49. The summed E-state index contributed by atoms with van der Waals surface area (Å²) in [4.78, 5) is 0. The van der Waals surface area contributed by atoms with Gasteiger partial charge in [-0.2, -0.15) is 8.42 Å². The van der Waals surface area contributed by atoms with Crippen molar-refractivity contribution in [3.63, 3.8) is 0 Å². The maximum absolute atomic E-state index is 10.0. The van der Waals surface area contributed by atoms with Crippen LogP contribution in [0.1, 0.15) is 0 Å². The second kappa shape index (κ2) is 3.53. The molecule has 12 heavy (non-hydrogen) atoms. The molecule has 0 spiro atoms. The predicted molar refractivity (Wildman–Crippen MR) is 40.9 cm³/mol. The first-order valence-corrected chi connectivity index (χ1v) is 4.36. The number of benzene rings is 1. The van der Waals surface area contributed by atoms with Crippen molar-refractivity contribution < 1.29 is 17.3 Å². The Morgan fingerprint density at radius 1 is 1.25 bits per heavy atom. The zero-order valence-corrected chi connectivity index (χ0v) is 6.73. The molecule has 1 N–H and O–H groups in total. The van der Waals surface area contributed by atoms with Gasteiger partial charge in [0, 0.05) is 0 Å². The van der Waals surface area contributed by atoms with Crippen LogP contribution in [0.2, 0.25) is 0 Å². The van der Waals surface area contributed by atoms with Crippen LogP contribution in [-0.4, -0.2) is 13.0 Å². The van der Waals surface area contributed by atoms with Crippen LogP contribution < -0.4 is 5.48 Å². The molecular weight excluding hydrogens is 182 g/mol. The Hall–Kier alpha value is -1.11. The zero-order valence-electron chi connectivity index (χ0n) is 5.91. The average Bonchev–Trinajstić information content (AvgIpc) is 2.02. The first-order chi connectivity index (χ1) is 5.58. The lowest BCUT2D eigenvalue weighted by atomic mass is 10.3. The normalized spacial score (nSPS) is 11.1. The van der Waals surface area contributed by atoms with E-state index >= 15 is 0 Å². The summed E-state index contributed by atoms with van der Waals surface area (Å²) in [5, 5.41) is 0. The Labute approximate surface area is 69.9 Å². The first-order valence-electron chi connectivity index (χ1n) is 3.00. The van der Waals surface area contributed by atoms with Crippen molar-refractivity contribution in [3.05, 3.63) is 30.3 Å². The summed E-state index contributed by atoms with van der Waals surface area (Å²) in [6.07, 6.45) is 0. The van der Waals surface area contributed by atoms with Gasteiger partial charge in [-0.3, -0.25) is 4.55 Å². The molecule has 0 aliphatic rings. The van der Waals surface area contributed by atoms with E-state index in [0.29, 0.717) is 5.69 Å². The Balaban J connectivity index is 2.56. The van der Waals surface area contributed by atoms with E-state index in [-0.39, 0.29) is 0 Å². The fourth-order valence-electron chi connectivity index (χ4n) is 0.579. The van der Waals surface area contributed by atoms with E-state index in [1.54, 1.807) is 18.2 Å². The predicted octanol–water partition coefficient (Wildman–Crippen LogP) is 0.657. The van der Waals surface area contributed by atoms with Crippen LogP contribution in [0, 0.1) is 0 Å². The van der Waals surface area contributed by atoms with Crippen molar-refractivity contribution in [1.29, 1.82) is 0 Å². The van der Waals surface area contributed by atoms with Crippen molar-refractivity contribution >= 4 is 16.1 Å². The molecule has 0 atom stereocenters. The number of hydrogen-bond donors (Lipinski definition) is 1. The standard InChI is InChI=1S/C6H6NO4S/c8-12(9,10)11-7-6-4-2-1-3-5-6/h1-5H,(H,8,9,10). The molecule has 0 aromatic heterocycles. The third-order valence-electron chi connectivity index (χ3n) is 0.993. The van der Waals surface area contributed by atoms with Gasteiger partial charge in [-0.15, -0.1) is 9.76 Å². The van der Waals surface area contributed by atoms with E-state index in [4.69, 9.17) is 4.55 Å². The number of rotatable bonds is 3. The van der Waals surface area contributed by atoms with Crippen LogP contribution in [0.5, 0.6) is 0 Å². The number of hydrogen-bond acceptors (Lipinski definition) is 3. The maximum Gasteiger partial charge on any atom is 0.420 e. The van der Waals surface area contributed by atoms with Gasteiger partial charge in [-0.25, -0.2) is 0 Å². The fraction of sp³-hybridized carbons (Fsp3) is 0. The molecule has 0 heterocycles. The smallest absolute Gasteiger partial charge is 0.262 e. The zero-order chi connectivity index (χ0) is 9.03. The van der Waals surface area contributed by atoms with Crippen LogP contribution in [0.15, 0.2) is 30.3 Å². The Morgan fingerprint density at radius 2 is 1.83 bits per heavy atom. The summed E-state index contributed by atoms with van der Waals surface area (Å²) in [6.45, 7) is 0. The minimum Gasteiger partial charge on any atom is -0.262 e. The first kappa shape index (κ1) is 8.98. The van der Waals surface area contributed by atoms with Gasteiger partial charge in [-0.05, 0) is 12.1 Å². The molecule has 1 rings (SSSR count). The van der Waals surface area contributed by atoms with Gasteiger partial charge < -0.3 is 0 Å². The molecule has 0 saturated carbocycles. The molecule has 0 saturated heterocycles. The summed E-state index contributed by atoms with van der Waals surface area (Å²) in [5.41, 5.74) is 3.45. The highest BCUT2D eigenvalue weighted by Crippen LogP contribution is 2.05. The van der Waals surface area contributed by atoms with Gasteiger partial charge in [-0.1, -0.05) is 18.2 Å². The van der Waals surface area contributed by atoms with E-state index < -0.39 is 10.4 Å². The highest BCUT2D eigenvalue weighted by molar-refractivity contribution is 7.80. The van der Waals surface area contributed by atoms with E-state index in [1.807, 2.05) is 0 Å². The fourth-order valence-corrected chi connectivity index (χ4v) is 0.759. The molecule has 1 aromatic rings. The van der Waals surface area contributed by atoms with Crippen molar-refractivity contribution in [2.45, 2.75) is 0 Å². The summed E-state index contributed by atoms with van der Waals surface area (Å²) < 4.78 is 32.0. The van der Waals surface area contributed by atoms with Crippen LogP contribution in [0.3, 0.4) is 0 Å². The molecule has 0 unspecified atom stereocenters.